The average molecular weight is 286 g/mol. The van der Waals surface area contributed by atoms with Gasteiger partial charge in [-0.05, 0) is 18.1 Å². The van der Waals surface area contributed by atoms with E-state index in [0.29, 0.717) is 28.3 Å². The van der Waals surface area contributed by atoms with E-state index in [4.69, 9.17) is 11.5 Å². The van der Waals surface area contributed by atoms with Gasteiger partial charge in [0.15, 0.2) is 5.69 Å². The minimum atomic E-state index is -4.34. The lowest BCUT2D eigenvalue weighted by molar-refractivity contribution is -0.137. The molecule has 3 heterocycles. The lowest BCUT2D eigenvalue weighted by Crippen LogP contribution is -2.67. The number of quaternary nitrogens is 1. The quantitative estimate of drug-likeness (QED) is 0.615. The molecule has 0 radical (unpaired) electrons. The molecule has 0 amide bonds. The Bertz CT molecular complexity index is 519. The van der Waals surface area contributed by atoms with Gasteiger partial charge in [0.1, 0.15) is 0 Å². The van der Waals surface area contributed by atoms with E-state index in [1.54, 1.807) is 0 Å². The van der Waals surface area contributed by atoms with Crippen molar-refractivity contribution < 1.29 is 13.2 Å². The molecule has 4 rings (SSSR count). The van der Waals surface area contributed by atoms with Gasteiger partial charge in [0.25, 0.3) is 0 Å². The summed E-state index contributed by atoms with van der Waals surface area (Å²) in [5.41, 5.74) is 12.5. The zero-order valence-electron chi connectivity index (χ0n) is 11.2. The van der Waals surface area contributed by atoms with Crippen molar-refractivity contribution in [3.63, 3.8) is 0 Å². The van der Waals surface area contributed by atoms with Crippen molar-refractivity contribution in [2.45, 2.75) is 25.1 Å². The molecule has 3 nitrogen and oxygen atoms in total. The van der Waals surface area contributed by atoms with Crippen LogP contribution in [-0.2, 0) is 6.18 Å². The fourth-order valence-electron chi connectivity index (χ4n) is 3.72. The molecule has 1 unspecified atom stereocenters. The van der Waals surface area contributed by atoms with Gasteiger partial charge in [-0.3, -0.25) is 4.48 Å². The van der Waals surface area contributed by atoms with Gasteiger partial charge in [0.2, 0.25) is 0 Å². The topological polar surface area (TPSA) is 52.0 Å². The molecule has 3 aliphatic rings. The number of nitrogen functional groups attached to an aromatic ring is 1. The summed E-state index contributed by atoms with van der Waals surface area (Å²) in [6.45, 7) is 2.37. The van der Waals surface area contributed by atoms with E-state index in [0.717, 1.165) is 32.0 Å². The van der Waals surface area contributed by atoms with Crippen molar-refractivity contribution in [2.75, 3.05) is 25.4 Å². The summed E-state index contributed by atoms with van der Waals surface area (Å²) in [7, 11) is 0. The Balaban J connectivity index is 2.05. The molecule has 110 valence electrons. The first-order valence-corrected chi connectivity index (χ1v) is 6.91. The molecular formula is C14H19F3N3+. The van der Waals surface area contributed by atoms with E-state index in [1.165, 1.54) is 12.1 Å². The summed E-state index contributed by atoms with van der Waals surface area (Å²) in [5.74, 6) is 0.516. The van der Waals surface area contributed by atoms with Crippen LogP contribution in [0.3, 0.4) is 0 Å². The second-order valence-electron chi connectivity index (χ2n) is 6.05. The molecule has 0 spiro atoms. The Morgan fingerprint density at radius 1 is 1.15 bits per heavy atom. The zero-order chi connectivity index (χ0) is 14.5. The number of fused-ring (bicyclic) bond motifs is 3. The lowest BCUT2D eigenvalue weighted by Gasteiger charge is -2.51. The highest BCUT2D eigenvalue weighted by atomic mass is 19.4. The van der Waals surface area contributed by atoms with Gasteiger partial charge in [-0.1, -0.05) is 0 Å². The number of benzene rings is 1. The second kappa shape index (κ2) is 4.36. The smallest absolute Gasteiger partial charge is 0.394 e. The normalized spacial score (nSPS) is 33.4. The number of anilines is 1. The minimum Gasteiger partial charge on any atom is -0.394 e. The molecule has 3 fully saturated rings. The van der Waals surface area contributed by atoms with Crippen molar-refractivity contribution in [2.24, 2.45) is 11.7 Å². The highest BCUT2D eigenvalue weighted by Gasteiger charge is 2.47. The van der Waals surface area contributed by atoms with E-state index in [2.05, 4.69) is 0 Å². The van der Waals surface area contributed by atoms with Crippen LogP contribution < -0.4 is 16.0 Å². The fourth-order valence-corrected chi connectivity index (χ4v) is 3.72. The van der Waals surface area contributed by atoms with Crippen molar-refractivity contribution in [1.29, 1.82) is 0 Å². The third-order valence-electron chi connectivity index (χ3n) is 4.89. The van der Waals surface area contributed by atoms with Crippen LogP contribution in [0, 0.1) is 5.92 Å². The molecule has 1 atom stereocenters. The van der Waals surface area contributed by atoms with Crippen LogP contribution in [0.2, 0.25) is 0 Å². The van der Waals surface area contributed by atoms with Crippen LogP contribution >= 0.6 is 0 Å². The molecule has 0 saturated carbocycles. The standard InChI is InChI=1S/C14H19F3N3/c15-14(16,17)10-1-2-11(18)13(7-10)20-5-3-9(4-6-20)12(19)8-20/h1-2,7,9,12H,3-6,8,18-19H2/q+1. The predicted octanol–water partition coefficient (Wildman–Crippen LogP) is 2.35. The minimum absolute atomic E-state index is 0.0615. The van der Waals surface area contributed by atoms with Gasteiger partial charge in [0.05, 0.1) is 36.9 Å². The summed E-state index contributed by atoms with van der Waals surface area (Å²) in [5, 5.41) is 0. The van der Waals surface area contributed by atoms with Crippen molar-refractivity contribution >= 4 is 11.4 Å². The summed E-state index contributed by atoms with van der Waals surface area (Å²) >= 11 is 0. The Morgan fingerprint density at radius 2 is 1.80 bits per heavy atom. The first kappa shape index (κ1) is 13.7. The SMILES string of the molecule is Nc1ccc(C(F)(F)F)cc1[N+]12CCC(CC1)C(N)C2. The number of halogens is 3. The fraction of sp³-hybridized carbons (Fsp3) is 0.571. The van der Waals surface area contributed by atoms with Crippen LogP contribution in [-0.4, -0.2) is 25.7 Å². The van der Waals surface area contributed by atoms with Gasteiger partial charge < -0.3 is 11.5 Å². The van der Waals surface area contributed by atoms with E-state index in [1.807, 2.05) is 0 Å². The summed E-state index contributed by atoms with van der Waals surface area (Å²) in [6.07, 6.45) is -2.40. The van der Waals surface area contributed by atoms with Crippen LogP contribution in [0.25, 0.3) is 0 Å². The Hall–Kier alpha value is -1.27. The van der Waals surface area contributed by atoms with E-state index >= 15 is 0 Å². The van der Waals surface area contributed by atoms with Crippen molar-refractivity contribution in [1.82, 2.24) is 4.48 Å². The van der Waals surface area contributed by atoms with Gasteiger partial charge in [0, 0.05) is 18.9 Å². The number of hydrogen-bond acceptors (Lipinski definition) is 2. The number of alkyl halides is 3. The molecule has 1 aromatic carbocycles. The molecule has 0 aromatic heterocycles. The average Bonchev–Trinajstić information content (AvgIpc) is 2.38. The maximum atomic E-state index is 12.9. The Labute approximate surface area is 115 Å². The van der Waals surface area contributed by atoms with Crippen molar-refractivity contribution in [3.8, 4) is 0 Å². The van der Waals surface area contributed by atoms with Crippen molar-refractivity contribution in [3.05, 3.63) is 23.8 Å². The van der Waals surface area contributed by atoms with Gasteiger partial charge >= 0.3 is 6.18 Å². The van der Waals surface area contributed by atoms with Gasteiger partial charge in [-0.15, -0.1) is 0 Å². The van der Waals surface area contributed by atoms with E-state index in [9.17, 15) is 13.2 Å². The van der Waals surface area contributed by atoms with Crippen LogP contribution in [0.15, 0.2) is 18.2 Å². The molecule has 3 saturated heterocycles. The number of nitrogens with two attached hydrogens (primary N) is 2. The van der Waals surface area contributed by atoms with E-state index in [-0.39, 0.29) is 6.04 Å². The maximum Gasteiger partial charge on any atom is 0.416 e. The molecule has 4 N–H and O–H groups in total. The van der Waals surface area contributed by atoms with Crippen LogP contribution in [0.5, 0.6) is 0 Å². The predicted molar refractivity (Wildman–Crippen MR) is 73.0 cm³/mol. The largest absolute Gasteiger partial charge is 0.416 e. The number of rotatable bonds is 1. The number of piperidine rings is 3. The molecule has 20 heavy (non-hydrogen) atoms. The molecule has 3 aliphatic heterocycles. The van der Waals surface area contributed by atoms with Gasteiger partial charge in [-0.2, -0.15) is 13.2 Å². The van der Waals surface area contributed by atoms with E-state index < -0.39 is 11.7 Å². The first-order valence-electron chi connectivity index (χ1n) is 6.91. The first-order chi connectivity index (χ1) is 9.32. The molecular weight excluding hydrogens is 267 g/mol. The number of nitrogens with zero attached hydrogens (tertiary/aromatic N) is 1. The highest BCUT2D eigenvalue weighted by Crippen LogP contribution is 2.42. The highest BCUT2D eigenvalue weighted by molar-refractivity contribution is 5.67. The second-order valence-corrected chi connectivity index (χ2v) is 6.05. The number of hydrogen-bond donors (Lipinski definition) is 2. The summed E-state index contributed by atoms with van der Waals surface area (Å²) < 4.78 is 39.2. The molecule has 1 aromatic rings. The third kappa shape index (κ3) is 2.07. The molecule has 6 heteroatoms. The lowest BCUT2D eigenvalue weighted by atomic mass is 9.81. The molecule has 0 aliphatic carbocycles. The Morgan fingerprint density at radius 3 is 2.35 bits per heavy atom. The van der Waals surface area contributed by atoms with Crippen LogP contribution in [0.4, 0.5) is 24.5 Å². The van der Waals surface area contributed by atoms with Crippen LogP contribution in [0.1, 0.15) is 18.4 Å². The molecule has 2 bridgehead atoms. The van der Waals surface area contributed by atoms with Gasteiger partial charge in [-0.25, -0.2) is 0 Å². The monoisotopic (exact) mass is 286 g/mol. The maximum absolute atomic E-state index is 12.9. The third-order valence-corrected chi connectivity index (χ3v) is 4.89. The zero-order valence-corrected chi connectivity index (χ0v) is 11.2. The summed E-state index contributed by atoms with van der Waals surface area (Å²) in [6, 6.07) is 3.70. The summed E-state index contributed by atoms with van der Waals surface area (Å²) in [4.78, 5) is 0. The Kier molecular flexibility index (Phi) is 2.99.